The Hall–Kier alpha value is -2.54. The molecular weight excluding hydrogens is 338 g/mol. The molecule has 7 heteroatoms. The predicted molar refractivity (Wildman–Crippen MR) is 100 cm³/mol. The first-order valence-electron chi connectivity index (χ1n) is 8.15. The minimum absolute atomic E-state index is 0.159. The van der Waals surface area contributed by atoms with Gasteiger partial charge in [-0.3, -0.25) is 5.41 Å². The van der Waals surface area contributed by atoms with E-state index >= 15 is 0 Å². The smallest absolute Gasteiger partial charge is 0.163 e. The quantitative estimate of drug-likeness (QED) is 0.814. The van der Waals surface area contributed by atoms with Gasteiger partial charge in [-0.2, -0.15) is 0 Å². The molecule has 0 saturated carbocycles. The number of ether oxygens (including phenoxy) is 2. The molecule has 2 heterocycles. The molecule has 2 aromatic rings. The summed E-state index contributed by atoms with van der Waals surface area (Å²) in [6.07, 6.45) is 0. The standard InChI is InChI=1S/C18H21N3O3S/c1-4-23-14-7-6-12(8-15(14)24-5-2)21-9-13(22)16(17(21)19)18-20-11(3)10-25-18/h6-8,10,19,22H,4-5,9H2,1-3H3. The molecule has 3 rings (SSSR count). The molecule has 1 aliphatic rings. The minimum Gasteiger partial charge on any atom is -0.510 e. The summed E-state index contributed by atoms with van der Waals surface area (Å²) in [5.41, 5.74) is 2.14. The number of aliphatic hydroxyl groups excluding tert-OH is 1. The van der Waals surface area contributed by atoms with Crippen molar-refractivity contribution in [1.29, 1.82) is 5.41 Å². The maximum atomic E-state index is 10.4. The summed E-state index contributed by atoms with van der Waals surface area (Å²) in [6.45, 7) is 7.05. The van der Waals surface area contributed by atoms with Crippen LogP contribution in [0.25, 0.3) is 5.57 Å². The van der Waals surface area contributed by atoms with Crippen molar-refractivity contribution in [3.8, 4) is 11.5 Å². The van der Waals surface area contributed by atoms with Crippen LogP contribution in [-0.2, 0) is 0 Å². The fraction of sp³-hybridized carbons (Fsp3) is 0.333. The molecule has 0 radical (unpaired) electrons. The van der Waals surface area contributed by atoms with Crippen molar-refractivity contribution in [3.63, 3.8) is 0 Å². The third-order valence-electron chi connectivity index (χ3n) is 3.77. The van der Waals surface area contributed by atoms with Crippen LogP contribution in [0.5, 0.6) is 11.5 Å². The van der Waals surface area contributed by atoms with E-state index in [9.17, 15) is 5.11 Å². The third kappa shape index (κ3) is 3.32. The molecule has 1 aromatic carbocycles. The number of anilines is 1. The van der Waals surface area contributed by atoms with E-state index in [1.165, 1.54) is 11.3 Å². The second kappa shape index (κ2) is 7.14. The van der Waals surface area contributed by atoms with Crippen molar-refractivity contribution >= 4 is 28.4 Å². The van der Waals surface area contributed by atoms with Crippen LogP contribution in [0.4, 0.5) is 5.69 Å². The number of thiazole rings is 1. The Kier molecular flexibility index (Phi) is 4.94. The highest BCUT2D eigenvalue weighted by Gasteiger charge is 2.31. The molecule has 0 unspecified atom stereocenters. The number of nitrogens with one attached hydrogen (secondary N) is 1. The van der Waals surface area contributed by atoms with E-state index in [2.05, 4.69) is 4.98 Å². The molecule has 0 bridgehead atoms. The molecule has 0 atom stereocenters. The van der Waals surface area contributed by atoms with Gasteiger partial charge < -0.3 is 19.5 Å². The Morgan fingerprint density at radius 3 is 2.60 bits per heavy atom. The summed E-state index contributed by atoms with van der Waals surface area (Å²) >= 11 is 1.43. The van der Waals surface area contributed by atoms with Crippen molar-refractivity contribution in [1.82, 2.24) is 4.98 Å². The van der Waals surface area contributed by atoms with Crippen molar-refractivity contribution in [2.75, 3.05) is 24.7 Å². The lowest BCUT2D eigenvalue weighted by atomic mass is 10.2. The predicted octanol–water partition coefficient (Wildman–Crippen LogP) is 4.02. The highest BCUT2D eigenvalue weighted by molar-refractivity contribution is 7.11. The maximum Gasteiger partial charge on any atom is 0.163 e. The number of aromatic nitrogens is 1. The third-order valence-corrected chi connectivity index (χ3v) is 4.75. The summed E-state index contributed by atoms with van der Waals surface area (Å²) in [5.74, 6) is 1.70. The first kappa shape index (κ1) is 17.3. The van der Waals surface area contributed by atoms with E-state index in [1.54, 1.807) is 4.90 Å². The van der Waals surface area contributed by atoms with Gasteiger partial charge in [-0.15, -0.1) is 11.3 Å². The summed E-state index contributed by atoms with van der Waals surface area (Å²) < 4.78 is 11.2. The summed E-state index contributed by atoms with van der Waals surface area (Å²) in [7, 11) is 0. The van der Waals surface area contributed by atoms with E-state index in [4.69, 9.17) is 14.9 Å². The Balaban J connectivity index is 1.91. The zero-order chi connectivity index (χ0) is 18.0. The fourth-order valence-electron chi connectivity index (χ4n) is 2.70. The average Bonchev–Trinajstić information content (AvgIpc) is 3.12. The molecule has 0 amide bonds. The molecule has 0 aliphatic carbocycles. The van der Waals surface area contributed by atoms with Gasteiger partial charge in [0.1, 0.15) is 16.6 Å². The topological polar surface area (TPSA) is 78.7 Å². The number of aliphatic hydroxyl groups is 1. The zero-order valence-corrected chi connectivity index (χ0v) is 15.3. The van der Waals surface area contributed by atoms with Crippen LogP contribution in [0.15, 0.2) is 29.3 Å². The molecule has 1 aliphatic heterocycles. The second-order valence-electron chi connectivity index (χ2n) is 5.55. The van der Waals surface area contributed by atoms with Crippen molar-refractivity contribution in [2.24, 2.45) is 0 Å². The van der Waals surface area contributed by atoms with Crippen LogP contribution in [0.2, 0.25) is 0 Å². The number of benzene rings is 1. The number of aryl methyl sites for hydroxylation is 1. The van der Waals surface area contributed by atoms with Gasteiger partial charge in [-0.05, 0) is 32.9 Å². The van der Waals surface area contributed by atoms with Gasteiger partial charge in [0.25, 0.3) is 0 Å². The van der Waals surface area contributed by atoms with E-state index in [0.29, 0.717) is 35.3 Å². The first-order chi connectivity index (χ1) is 12.0. The van der Waals surface area contributed by atoms with Crippen molar-refractivity contribution in [3.05, 3.63) is 40.0 Å². The monoisotopic (exact) mass is 359 g/mol. The molecule has 2 N–H and O–H groups in total. The van der Waals surface area contributed by atoms with Crippen LogP contribution in [0.1, 0.15) is 24.5 Å². The molecule has 6 nitrogen and oxygen atoms in total. The Labute approximate surface area is 150 Å². The Morgan fingerprint density at radius 1 is 1.24 bits per heavy atom. The number of hydrogen-bond donors (Lipinski definition) is 2. The lowest BCUT2D eigenvalue weighted by molar-refractivity contribution is 0.288. The largest absolute Gasteiger partial charge is 0.510 e. The summed E-state index contributed by atoms with van der Waals surface area (Å²) in [6, 6.07) is 5.54. The lowest BCUT2D eigenvalue weighted by Crippen LogP contribution is -2.26. The zero-order valence-electron chi connectivity index (χ0n) is 14.5. The van der Waals surface area contributed by atoms with E-state index < -0.39 is 0 Å². The van der Waals surface area contributed by atoms with Gasteiger partial charge in [0.05, 0.1) is 25.3 Å². The highest BCUT2D eigenvalue weighted by Crippen LogP contribution is 2.37. The van der Waals surface area contributed by atoms with Gasteiger partial charge in [0.2, 0.25) is 0 Å². The highest BCUT2D eigenvalue weighted by atomic mass is 32.1. The van der Waals surface area contributed by atoms with Crippen LogP contribution >= 0.6 is 11.3 Å². The molecular formula is C18H21N3O3S. The van der Waals surface area contributed by atoms with E-state index in [1.807, 2.05) is 44.4 Å². The van der Waals surface area contributed by atoms with Gasteiger partial charge in [-0.25, -0.2) is 4.98 Å². The normalized spacial score (nSPS) is 14.4. The number of rotatable bonds is 6. The lowest BCUT2D eigenvalue weighted by Gasteiger charge is -2.20. The first-order valence-corrected chi connectivity index (χ1v) is 9.03. The molecule has 132 valence electrons. The molecule has 0 fully saturated rings. The van der Waals surface area contributed by atoms with Crippen LogP contribution in [-0.4, -0.2) is 35.7 Å². The van der Waals surface area contributed by atoms with Gasteiger partial charge in [0, 0.05) is 22.8 Å². The number of amidine groups is 1. The van der Waals surface area contributed by atoms with Crippen molar-refractivity contribution < 1.29 is 14.6 Å². The number of hydrogen-bond acceptors (Lipinski definition) is 6. The molecule has 1 aromatic heterocycles. The minimum atomic E-state index is 0.159. The van der Waals surface area contributed by atoms with Crippen LogP contribution in [0.3, 0.4) is 0 Å². The van der Waals surface area contributed by atoms with E-state index in [-0.39, 0.29) is 18.1 Å². The van der Waals surface area contributed by atoms with Crippen LogP contribution < -0.4 is 14.4 Å². The van der Waals surface area contributed by atoms with Gasteiger partial charge >= 0.3 is 0 Å². The van der Waals surface area contributed by atoms with Crippen LogP contribution in [0, 0.1) is 12.3 Å². The Bertz CT molecular complexity index is 829. The van der Waals surface area contributed by atoms with E-state index in [0.717, 1.165) is 11.4 Å². The fourth-order valence-corrected chi connectivity index (χ4v) is 3.57. The van der Waals surface area contributed by atoms with Gasteiger partial charge in [-0.1, -0.05) is 0 Å². The molecule has 25 heavy (non-hydrogen) atoms. The van der Waals surface area contributed by atoms with Gasteiger partial charge in [0.15, 0.2) is 11.5 Å². The maximum absolute atomic E-state index is 10.4. The Morgan fingerprint density at radius 2 is 1.96 bits per heavy atom. The van der Waals surface area contributed by atoms with Crippen molar-refractivity contribution in [2.45, 2.75) is 20.8 Å². The molecule has 0 spiro atoms. The number of nitrogens with zero attached hydrogens (tertiary/aromatic N) is 2. The summed E-state index contributed by atoms with van der Waals surface area (Å²) in [4.78, 5) is 6.13. The molecule has 0 saturated heterocycles. The SMILES string of the molecule is CCOc1ccc(N2CC(O)=C(c3nc(C)cs3)C2=N)cc1OCC. The second-order valence-corrected chi connectivity index (χ2v) is 6.41. The average molecular weight is 359 g/mol. The summed E-state index contributed by atoms with van der Waals surface area (Å²) in [5, 5.41) is 21.4.